The summed E-state index contributed by atoms with van der Waals surface area (Å²) in [6.07, 6.45) is 4.09. The van der Waals surface area contributed by atoms with E-state index in [1.807, 2.05) is 12.1 Å². The van der Waals surface area contributed by atoms with E-state index in [-0.39, 0.29) is 0 Å². The van der Waals surface area contributed by atoms with E-state index in [2.05, 4.69) is 62.5 Å². The molecule has 3 fully saturated rings. The van der Waals surface area contributed by atoms with Crippen LogP contribution in [0.25, 0.3) is 0 Å². The van der Waals surface area contributed by atoms with Crippen LogP contribution in [0.3, 0.4) is 0 Å². The molecule has 1 amide bonds. The average Bonchev–Trinajstić information content (AvgIpc) is 2.90. The lowest BCUT2D eigenvalue weighted by molar-refractivity contribution is -0.131. The Bertz CT molecular complexity index is 960. The van der Waals surface area contributed by atoms with Crippen molar-refractivity contribution in [2.24, 2.45) is 11.8 Å². The van der Waals surface area contributed by atoms with Crippen molar-refractivity contribution in [3.05, 3.63) is 60.2 Å². The van der Waals surface area contributed by atoms with E-state index < -0.39 is 0 Å². The Morgan fingerprint density at radius 1 is 1.03 bits per heavy atom. The average molecular weight is 477 g/mol. The van der Waals surface area contributed by atoms with Gasteiger partial charge >= 0.3 is 0 Å². The van der Waals surface area contributed by atoms with Crippen molar-refractivity contribution in [2.75, 3.05) is 57.8 Å². The molecule has 5 rings (SSSR count). The lowest BCUT2D eigenvalue weighted by atomic mass is 9.79. The number of likely N-dealkylation sites (tertiary alicyclic amines) is 1. The van der Waals surface area contributed by atoms with E-state index in [4.69, 9.17) is 4.74 Å². The smallest absolute Gasteiger partial charge is 0.222 e. The van der Waals surface area contributed by atoms with Crippen molar-refractivity contribution in [2.45, 2.75) is 38.3 Å². The van der Waals surface area contributed by atoms with E-state index in [9.17, 15) is 4.79 Å². The van der Waals surface area contributed by atoms with Gasteiger partial charge in [0.25, 0.3) is 0 Å². The summed E-state index contributed by atoms with van der Waals surface area (Å²) in [4.78, 5) is 20.0. The van der Waals surface area contributed by atoms with Crippen LogP contribution >= 0.6 is 0 Å². The first-order valence-corrected chi connectivity index (χ1v) is 13.3. The molecule has 1 N–H and O–H groups in total. The fraction of sp³-hybridized carbons (Fsp3) is 0.552. The van der Waals surface area contributed by atoms with Crippen molar-refractivity contribution >= 4 is 11.6 Å². The van der Waals surface area contributed by atoms with E-state index >= 15 is 0 Å². The van der Waals surface area contributed by atoms with Crippen molar-refractivity contribution in [3.63, 3.8) is 0 Å². The number of anilines is 1. The zero-order valence-electron chi connectivity index (χ0n) is 21.1. The highest BCUT2D eigenvalue weighted by Crippen LogP contribution is 2.31. The van der Waals surface area contributed by atoms with Gasteiger partial charge in [-0.15, -0.1) is 0 Å². The van der Waals surface area contributed by atoms with Gasteiger partial charge in [-0.3, -0.25) is 9.69 Å². The Balaban J connectivity index is 1.05. The number of fused-ring (bicyclic) bond motifs is 2. The molecule has 2 aromatic carbocycles. The molecule has 0 radical (unpaired) electrons. The molecule has 6 nitrogen and oxygen atoms in total. The van der Waals surface area contributed by atoms with Crippen molar-refractivity contribution < 1.29 is 9.53 Å². The van der Waals surface area contributed by atoms with Crippen LogP contribution in [0.5, 0.6) is 5.75 Å². The number of benzene rings is 2. The molecule has 3 aliphatic rings. The van der Waals surface area contributed by atoms with E-state index in [0.29, 0.717) is 24.3 Å². The fourth-order valence-corrected chi connectivity index (χ4v) is 6.23. The minimum atomic E-state index is 0.318. The molecule has 2 unspecified atom stereocenters. The summed E-state index contributed by atoms with van der Waals surface area (Å²) >= 11 is 0. The number of hydrogen-bond donors (Lipinski definition) is 1. The van der Waals surface area contributed by atoms with Gasteiger partial charge in [-0.05, 0) is 55.3 Å². The maximum atomic E-state index is 12.9. The SMILES string of the molecule is COc1cccc(N2CCN(C(=O)CCC[C@H]3NCC4CC3CN(Cc3ccccc3)C4)CC2)c1. The topological polar surface area (TPSA) is 48.1 Å². The summed E-state index contributed by atoms with van der Waals surface area (Å²) in [5, 5.41) is 3.82. The predicted molar refractivity (Wildman–Crippen MR) is 141 cm³/mol. The third-order valence-corrected chi connectivity index (χ3v) is 8.09. The highest BCUT2D eigenvalue weighted by molar-refractivity contribution is 5.76. The monoisotopic (exact) mass is 476 g/mol. The first-order chi connectivity index (χ1) is 17.2. The predicted octanol–water partition coefficient (Wildman–Crippen LogP) is 3.62. The van der Waals surface area contributed by atoms with Crippen molar-refractivity contribution in [1.29, 1.82) is 0 Å². The van der Waals surface area contributed by atoms with Crippen LogP contribution in [0.4, 0.5) is 5.69 Å². The lowest BCUT2D eigenvalue weighted by Gasteiger charge is -2.46. The maximum absolute atomic E-state index is 12.9. The second-order valence-corrected chi connectivity index (χ2v) is 10.5. The van der Waals surface area contributed by atoms with Gasteiger partial charge in [0.05, 0.1) is 7.11 Å². The zero-order valence-corrected chi connectivity index (χ0v) is 21.1. The molecule has 0 saturated carbocycles. The molecule has 2 bridgehead atoms. The number of hydrogen-bond acceptors (Lipinski definition) is 5. The van der Waals surface area contributed by atoms with Gasteiger partial charge in [0.15, 0.2) is 0 Å². The Hall–Kier alpha value is -2.57. The molecule has 3 aliphatic heterocycles. The first kappa shape index (κ1) is 24.1. The van der Waals surface area contributed by atoms with Crippen LogP contribution < -0.4 is 15.0 Å². The minimum Gasteiger partial charge on any atom is -0.497 e. The number of nitrogens with one attached hydrogen (secondary N) is 1. The lowest BCUT2D eigenvalue weighted by Crippen LogP contribution is -2.55. The molecule has 6 heteroatoms. The molecular formula is C29H40N4O2. The Morgan fingerprint density at radius 2 is 1.86 bits per heavy atom. The molecule has 35 heavy (non-hydrogen) atoms. The third-order valence-electron chi connectivity index (χ3n) is 8.09. The van der Waals surface area contributed by atoms with Crippen LogP contribution in [-0.2, 0) is 11.3 Å². The number of rotatable bonds is 8. The molecule has 0 aromatic heterocycles. The van der Waals surface area contributed by atoms with Gasteiger partial charge in [0, 0.05) is 70.0 Å². The Kier molecular flexibility index (Phi) is 7.89. The van der Waals surface area contributed by atoms with Crippen LogP contribution in [0, 0.1) is 11.8 Å². The van der Waals surface area contributed by atoms with Gasteiger partial charge in [-0.2, -0.15) is 0 Å². The van der Waals surface area contributed by atoms with Crippen LogP contribution in [0.2, 0.25) is 0 Å². The molecule has 3 atom stereocenters. The van der Waals surface area contributed by atoms with Gasteiger partial charge in [0.2, 0.25) is 5.91 Å². The number of amides is 1. The summed E-state index contributed by atoms with van der Waals surface area (Å²) in [6, 6.07) is 19.6. The first-order valence-electron chi connectivity index (χ1n) is 13.3. The quantitative estimate of drug-likeness (QED) is 0.631. The second-order valence-electron chi connectivity index (χ2n) is 10.5. The van der Waals surface area contributed by atoms with Crippen LogP contribution in [0.1, 0.15) is 31.2 Å². The third kappa shape index (κ3) is 6.17. The van der Waals surface area contributed by atoms with Gasteiger partial charge in [-0.25, -0.2) is 0 Å². The summed E-state index contributed by atoms with van der Waals surface area (Å²) in [7, 11) is 1.70. The molecule has 0 aliphatic carbocycles. The van der Waals surface area contributed by atoms with Gasteiger partial charge in [0.1, 0.15) is 5.75 Å². The molecule has 0 spiro atoms. The van der Waals surface area contributed by atoms with Gasteiger partial charge in [-0.1, -0.05) is 36.4 Å². The van der Waals surface area contributed by atoms with Crippen LogP contribution in [-0.4, -0.2) is 74.7 Å². The summed E-state index contributed by atoms with van der Waals surface area (Å²) in [6.45, 7) is 7.91. The summed E-state index contributed by atoms with van der Waals surface area (Å²) < 4.78 is 5.36. The normalized spacial score (nSPS) is 24.9. The fourth-order valence-electron chi connectivity index (χ4n) is 6.23. The number of piperazine rings is 1. The minimum absolute atomic E-state index is 0.318. The van der Waals surface area contributed by atoms with Crippen molar-refractivity contribution in [1.82, 2.24) is 15.1 Å². The zero-order chi connectivity index (χ0) is 24.0. The number of nitrogens with zero attached hydrogens (tertiary/aromatic N) is 3. The number of methoxy groups -OCH3 is 1. The number of piperidine rings is 2. The number of carbonyl (C=O) groups excluding carboxylic acids is 1. The molecular weight excluding hydrogens is 436 g/mol. The molecule has 2 aromatic rings. The summed E-state index contributed by atoms with van der Waals surface area (Å²) in [5.74, 6) is 2.66. The highest BCUT2D eigenvalue weighted by Gasteiger charge is 2.36. The maximum Gasteiger partial charge on any atom is 0.222 e. The van der Waals surface area contributed by atoms with E-state index in [1.54, 1.807) is 7.11 Å². The molecule has 3 saturated heterocycles. The number of carbonyl (C=O) groups is 1. The van der Waals surface area contributed by atoms with Crippen LogP contribution in [0.15, 0.2) is 54.6 Å². The Morgan fingerprint density at radius 3 is 2.66 bits per heavy atom. The summed E-state index contributed by atoms with van der Waals surface area (Å²) in [5.41, 5.74) is 2.58. The second kappa shape index (κ2) is 11.4. The van der Waals surface area contributed by atoms with E-state index in [0.717, 1.165) is 63.8 Å². The van der Waals surface area contributed by atoms with Gasteiger partial charge < -0.3 is 19.9 Å². The largest absolute Gasteiger partial charge is 0.497 e. The standard InChI is InChI=1S/C29H40N4O2/c1-35-27-10-5-9-26(18-27)32-13-15-33(16-14-32)29(34)12-6-11-28-25-17-24(19-30-28)21-31(22-25)20-23-7-3-2-4-8-23/h2-5,7-10,18,24-25,28,30H,6,11-17,19-22H2,1H3/t24?,25?,28-/m1/s1. The highest BCUT2D eigenvalue weighted by atomic mass is 16.5. The number of ether oxygens (including phenoxy) is 1. The molecule has 188 valence electrons. The molecule has 3 heterocycles. The van der Waals surface area contributed by atoms with Crippen molar-refractivity contribution in [3.8, 4) is 5.75 Å². The Labute approximate surface area is 210 Å². The van der Waals surface area contributed by atoms with E-state index in [1.165, 1.54) is 30.8 Å².